The number of esters is 1. The smallest absolute Gasteiger partial charge is 0.331 e. The zero-order chi connectivity index (χ0) is 21.8. The molecule has 0 amide bonds. The van der Waals surface area contributed by atoms with Crippen molar-refractivity contribution in [2.45, 2.75) is 78.6 Å². The Hall–Kier alpha value is -2.67. The van der Waals surface area contributed by atoms with Gasteiger partial charge in [0.05, 0.1) is 11.8 Å². The van der Waals surface area contributed by atoms with Crippen LogP contribution in [0.2, 0.25) is 0 Å². The van der Waals surface area contributed by atoms with Crippen LogP contribution in [0.1, 0.15) is 77.7 Å². The molecule has 0 bridgehead atoms. The first-order chi connectivity index (χ1) is 14.5. The van der Waals surface area contributed by atoms with E-state index in [4.69, 9.17) is 4.74 Å². The zero-order valence-electron chi connectivity index (χ0n) is 18.6. The number of hydrogen-bond donors (Lipinski definition) is 0. The van der Waals surface area contributed by atoms with E-state index < -0.39 is 11.4 Å². The molecule has 0 N–H and O–H groups in total. The van der Waals surface area contributed by atoms with Gasteiger partial charge in [-0.25, -0.2) is 4.79 Å². The van der Waals surface area contributed by atoms with Crippen LogP contribution >= 0.6 is 0 Å². The van der Waals surface area contributed by atoms with Gasteiger partial charge in [-0.15, -0.1) is 0 Å². The third-order valence-electron chi connectivity index (χ3n) is 5.48. The third kappa shape index (κ3) is 6.99. The highest BCUT2D eigenvalue weighted by atomic mass is 16.5. The predicted molar refractivity (Wildman–Crippen MR) is 121 cm³/mol. The summed E-state index contributed by atoms with van der Waals surface area (Å²) in [6.45, 7) is 6.01. The van der Waals surface area contributed by atoms with Crippen LogP contribution in [-0.2, 0) is 11.2 Å². The summed E-state index contributed by atoms with van der Waals surface area (Å²) in [6, 6.07) is 13.6. The number of aromatic nitrogens is 1. The van der Waals surface area contributed by atoms with Crippen molar-refractivity contribution in [1.82, 2.24) is 4.98 Å². The van der Waals surface area contributed by atoms with Crippen molar-refractivity contribution in [2.75, 3.05) is 0 Å². The van der Waals surface area contributed by atoms with Crippen molar-refractivity contribution >= 4 is 5.97 Å². The van der Waals surface area contributed by atoms with Crippen molar-refractivity contribution in [1.29, 1.82) is 5.26 Å². The molecule has 4 heteroatoms. The number of rotatable bonds is 12. The van der Waals surface area contributed by atoms with Gasteiger partial charge in [0.2, 0.25) is 0 Å². The monoisotopic (exact) mass is 406 g/mol. The number of nitriles is 1. The molecule has 0 aliphatic rings. The molecule has 160 valence electrons. The highest BCUT2D eigenvalue weighted by Gasteiger charge is 2.35. The molecule has 0 aliphatic heterocycles. The summed E-state index contributed by atoms with van der Waals surface area (Å²) in [5.41, 5.74) is 2.01. The summed E-state index contributed by atoms with van der Waals surface area (Å²) in [5, 5.41) is 9.51. The van der Waals surface area contributed by atoms with Gasteiger partial charge in [0, 0.05) is 11.8 Å². The summed E-state index contributed by atoms with van der Waals surface area (Å²) < 4.78 is 5.51. The first-order valence-corrected chi connectivity index (χ1v) is 11.2. The molecular formula is C26H34N2O2. The van der Waals surface area contributed by atoms with E-state index in [2.05, 4.69) is 31.0 Å². The lowest BCUT2D eigenvalue weighted by molar-refractivity contribution is -0.142. The second kappa shape index (κ2) is 12.1. The Labute approximate surface area is 181 Å². The second-order valence-corrected chi connectivity index (χ2v) is 8.18. The largest absolute Gasteiger partial charge is 0.425 e. The quantitative estimate of drug-likeness (QED) is 0.219. The van der Waals surface area contributed by atoms with E-state index in [0.29, 0.717) is 12.2 Å². The highest BCUT2D eigenvalue weighted by Crippen LogP contribution is 2.28. The summed E-state index contributed by atoms with van der Waals surface area (Å²) in [4.78, 5) is 17.1. The molecule has 0 spiro atoms. The van der Waals surface area contributed by atoms with Crippen molar-refractivity contribution in [3.8, 4) is 23.1 Å². The molecule has 0 saturated carbocycles. The maximum absolute atomic E-state index is 12.6. The van der Waals surface area contributed by atoms with Crippen LogP contribution in [0.5, 0.6) is 5.75 Å². The van der Waals surface area contributed by atoms with Crippen molar-refractivity contribution < 1.29 is 9.53 Å². The van der Waals surface area contributed by atoms with Crippen LogP contribution in [-0.4, -0.2) is 11.0 Å². The van der Waals surface area contributed by atoms with E-state index in [1.54, 1.807) is 19.1 Å². The number of nitrogens with zero attached hydrogens (tertiary/aromatic N) is 2. The van der Waals surface area contributed by atoms with Crippen LogP contribution < -0.4 is 4.74 Å². The van der Waals surface area contributed by atoms with E-state index in [1.165, 1.54) is 24.8 Å². The molecular weight excluding hydrogens is 372 g/mol. The lowest BCUT2D eigenvalue weighted by Crippen LogP contribution is -2.30. The average molecular weight is 407 g/mol. The van der Waals surface area contributed by atoms with Crippen LogP contribution in [0.4, 0.5) is 0 Å². The number of benzene rings is 1. The predicted octanol–water partition coefficient (Wildman–Crippen LogP) is 6.89. The van der Waals surface area contributed by atoms with Gasteiger partial charge >= 0.3 is 5.97 Å². The van der Waals surface area contributed by atoms with E-state index >= 15 is 0 Å². The van der Waals surface area contributed by atoms with E-state index in [1.807, 2.05) is 24.4 Å². The van der Waals surface area contributed by atoms with Gasteiger partial charge in [0.25, 0.3) is 0 Å². The van der Waals surface area contributed by atoms with Gasteiger partial charge in [-0.05, 0) is 62.1 Å². The van der Waals surface area contributed by atoms with Gasteiger partial charge in [0.15, 0.2) is 5.41 Å². The number of hydrogen-bond acceptors (Lipinski definition) is 4. The first-order valence-electron chi connectivity index (χ1n) is 11.2. The summed E-state index contributed by atoms with van der Waals surface area (Å²) >= 11 is 0. The minimum atomic E-state index is -1.11. The fraction of sp³-hybridized carbons (Fsp3) is 0.500. The number of pyridine rings is 1. The maximum Gasteiger partial charge on any atom is 0.331 e. The molecule has 0 saturated heterocycles. The number of carbonyl (C=O) groups excluding carboxylic acids is 1. The lowest BCUT2D eigenvalue weighted by Gasteiger charge is -2.19. The molecule has 1 atom stereocenters. The standard InChI is InChI=1S/C26H34N2O2/c1-4-6-8-10-18-26(3,20-27)25(29)30-23-15-13-22(14-16-23)24-17-12-21(19-28-24)11-9-7-5-2/h12-17,19H,4-11,18H2,1-3H3. The van der Waals surface area contributed by atoms with Crippen molar-refractivity contribution in [2.24, 2.45) is 5.41 Å². The topological polar surface area (TPSA) is 63.0 Å². The van der Waals surface area contributed by atoms with E-state index in [-0.39, 0.29) is 0 Å². The van der Waals surface area contributed by atoms with Gasteiger partial charge in [0.1, 0.15) is 5.75 Å². The first kappa shape index (κ1) is 23.6. The Morgan fingerprint density at radius 2 is 1.70 bits per heavy atom. The number of aryl methyl sites for hydroxylation is 1. The summed E-state index contributed by atoms with van der Waals surface area (Å²) in [7, 11) is 0. The van der Waals surface area contributed by atoms with Crippen LogP contribution in [0, 0.1) is 16.7 Å². The lowest BCUT2D eigenvalue weighted by atomic mass is 9.86. The van der Waals surface area contributed by atoms with Gasteiger partial charge < -0.3 is 4.74 Å². The van der Waals surface area contributed by atoms with Gasteiger partial charge in [-0.2, -0.15) is 5.26 Å². The van der Waals surface area contributed by atoms with Gasteiger partial charge in [-0.1, -0.05) is 58.4 Å². The van der Waals surface area contributed by atoms with Crippen LogP contribution in [0.25, 0.3) is 11.3 Å². The molecule has 2 rings (SSSR count). The summed E-state index contributed by atoms with van der Waals surface area (Å²) in [5.74, 6) is -0.0289. The van der Waals surface area contributed by atoms with E-state index in [9.17, 15) is 10.1 Å². The SMILES string of the molecule is CCCCCCC(C)(C#N)C(=O)Oc1ccc(-c2ccc(CCCCC)cn2)cc1. The Morgan fingerprint density at radius 1 is 1.00 bits per heavy atom. The number of unbranched alkanes of at least 4 members (excludes halogenated alkanes) is 5. The van der Waals surface area contributed by atoms with Crippen molar-refractivity contribution in [3.05, 3.63) is 48.2 Å². The molecule has 1 aromatic heterocycles. The zero-order valence-corrected chi connectivity index (χ0v) is 18.6. The van der Waals surface area contributed by atoms with Crippen LogP contribution in [0.3, 0.4) is 0 Å². The molecule has 1 unspecified atom stereocenters. The van der Waals surface area contributed by atoms with Crippen molar-refractivity contribution in [3.63, 3.8) is 0 Å². The minimum absolute atomic E-state index is 0.454. The third-order valence-corrected chi connectivity index (χ3v) is 5.48. The second-order valence-electron chi connectivity index (χ2n) is 8.18. The molecule has 0 radical (unpaired) electrons. The molecule has 1 aromatic carbocycles. The number of ether oxygens (including phenoxy) is 1. The Bertz CT molecular complexity index is 822. The molecule has 1 heterocycles. The minimum Gasteiger partial charge on any atom is -0.425 e. The maximum atomic E-state index is 12.6. The molecule has 0 aliphatic carbocycles. The Balaban J connectivity index is 1.96. The molecule has 0 fully saturated rings. The molecule has 2 aromatic rings. The average Bonchev–Trinajstić information content (AvgIpc) is 2.78. The Morgan fingerprint density at radius 3 is 2.30 bits per heavy atom. The summed E-state index contributed by atoms with van der Waals surface area (Å²) in [6.07, 6.45) is 11.3. The van der Waals surface area contributed by atoms with Crippen LogP contribution in [0.15, 0.2) is 42.6 Å². The fourth-order valence-corrected chi connectivity index (χ4v) is 3.34. The molecule has 30 heavy (non-hydrogen) atoms. The number of carbonyl (C=O) groups is 1. The Kier molecular flexibility index (Phi) is 9.54. The fourth-order valence-electron chi connectivity index (χ4n) is 3.34. The van der Waals surface area contributed by atoms with Gasteiger partial charge in [-0.3, -0.25) is 4.98 Å². The highest BCUT2D eigenvalue weighted by molar-refractivity contribution is 5.81. The normalized spacial score (nSPS) is 12.7. The van der Waals surface area contributed by atoms with E-state index in [0.717, 1.165) is 43.4 Å². The molecule has 4 nitrogen and oxygen atoms in total.